The van der Waals surface area contributed by atoms with E-state index in [1.807, 2.05) is 19.1 Å². The van der Waals surface area contributed by atoms with Crippen LogP contribution < -0.4 is 10.1 Å². The average molecular weight is 480 g/mol. The highest BCUT2D eigenvalue weighted by molar-refractivity contribution is 5.79. The second kappa shape index (κ2) is 9.79. The first kappa shape index (κ1) is 23.5. The van der Waals surface area contributed by atoms with Gasteiger partial charge in [0.25, 0.3) is 0 Å². The van der Waals surface area contributed by atoms with Gasteiger partial charge in [0.15, 0.2) is 0 Å². The van der Waals surface area contributed by atoms with Gasteiger partial charge in [-0.2, -0.15) is 0 Å². The molecule has 2 aromatic carbocycles. The minimum atomic E-state index is -0.854. The SMILES string of the molecule is Cc1noc(C)c1CC(=O)N[C@@H]1C[C@@H](Oc2cccc(F)c2)[C@H](O)[C@H]1N1CCc2ccccc2C1. The lowest BCUT2D eigenvalue weighted by Gasteiger charge is -2.38. The van der Waals surface area contributed by atoms with Gasteiger partial charge in [0.05, 0.1) is 24.2 Å². The molecule has 1 saturated carbocycles. The number of carbonyl (C=O) groups excluding carboxylic acids is 1. The first-order valence-electron chi connectivity index (χ1n) is 12.0. The predicted molar refractivity (Wildman–Crippen MR) is 127 cm³/mol. The highest BCUT2D eigenvalue weighted by Gasteiger charge is 2.48. The third-order valence-electron chi connectivity index (χ3n) is 7.16. The van der Waals surface area contributed by atoms with E-state index in [9.17, 15) is 14.3 Å². The molecule has 1 aromatic heterocycles. The van der Waals surface area contributed by atoms with Crippen LogP contribution in [0.4, 0.5) is 4.39 Å². The van der Waals surface area contributed by atoms with Crippen molar-refractivity contribution < 1.29 is 23.6 Å². The van der Waals surface area contributed by atoms with Crippen molar-refractivity contribution >= 4 is 5.91 Å². The highest BCUT2D eigenvalue weighted by Crippen LogP contribution is 2.32. The van der Waals surface area contributed by atoms with Crippen LogP contribution >= 0.6 is 0 Å². The second-order valence-electron chi connectivity index (χ2n) is 9.47. The summed E-state index contributed by atoms with van der Waals surface area (Å²) in [5.41, 5.74) is 4.00. The van der Waals surface area contributed by atoms with E-state index in [0.29, 0.717) is 30.2 Å². The molecule has 7 nitrogen and oxygen atoms in total. The fourth-order valence-electron chi connectivity index (χ4n) is 5.38. The third kappa shape index (κ3) is 4.94. The van der Waals surface area contributed by atoms with Crippen LogP contribution in [0.25, 0.3) is 0 Å². The van der Waals surface area contributed by atoms with Gasteiger partial charge in [-0.25, -0.2) is 4.39 Å². The molecule has 2 aliphatic rings. The van der Waals surface area contributed by atoms with Crippen LogP contribution in [0.2, 0.25) is 0 Å². The number of aliphatic hydroxyl groups excluding tert-OH is 1. The van der Waals surface area contributed by atoms with Gasteiger partial charge in [0.2, 0.25) is 5.91 Å². The highest BCUT2D eigenvalue weighted by atomic mass is 19.1. The summed E-state index contributed by atoms with van der Waals surface area (Å²) in [6.45, 7) is 5.05. The second-order valence-corrected chi connectivity index (χ2v) is 9.47. The smallest absolute Gasteiger partial charge is 0.224 e. The van der Waals surface area contributed by atoms with Crippen LogP contribution in [0.1, 0.15) is 34.6 Å². The number of nitrogens with zero attached hydrogens (tertiary/aromatic N) is 2. The summed E-state index contributed by atoms with van der Waals surface area (Å²) < 4.78 is 24.9. The molecular weight excluding hydrogens is 449 g/mol. The molecule has 3 aromatic rings. The van der Waals surface area contributed by atoms with Gasteiger partial charge in [-0.15, -0.1) is 0 Å². The number of fused-ring (bicyclic) bond motifs is 1. The minimum absolute atomic E-state index is 0.152. The summed E-state index contributed by atoms with van der Waals surface area (Å²) in [6.07, 6.45) is -0.00237. The Labute approximate surface area is 203 Å². The first-order valence-corrected chi connectivity index (χ1v) is 12.0. The number of aliphatic hydroxyl groups is 1. The molecule has 1 fully saturated rings. The number of ether oxygens (including phenoxy) is 1. The molecule has 0 radical (unpaired) electrons. The number of amides is 1. The summed E-state index contributed by atoms with van der Waals surface area (Å²) >= 11 is 0. The molecule has 0 bridgehead atoms. The summed E-state index contributed by atoms with van der Waals surface area (Å²) in [4.78, 5) is 15.3. The van der Waals surface area contributed by atoms with E-state index < -0.39 is 18.0 Å². The van der Waals surface area contributed by atoms with E-state index in [1.165, 1.54) is 23.3 Å². The largest absolute Gasteiger partial charge is 0.487 e. The number of aryl methyl sites for hydroxylation is 2. The molecule has 0 saturated heterocycles. The van der Waals surface area contributed by atoms with Crippen molar-refractivity contribution in [3.63, 3.8) is 0 Å². The number of benzene rings is 2. The van der Waals surface area contributed by atoms with Gasteiger partial charge < -0.3 is 19.7 Å². The quantitative estimate of drug-likeness (QED) is 0.565. The molecule has 8 heteroatoms. The third-order valence-corrected chi connectivity index (χ3v) is 7.16. The average Bonchev–Trinajstić information content (AvgIpc) is 3.31. The summed E-state index contributed by atoms with van der Waals surface area (Å²) in [5, 5.41) is 18.4. The fraction of sp³-hybridized carbons (Fsp3) is 0.407. The molecule has 4 atom stereocenters. The zero-order chi connectivity index (χ0) is 24.5. The Hall–Kier alpha value is -3.23. The minimum Gasteiger partial charge on any atom is -0.487 e. The lowest BCUT2D eigenvalue weighted by molar-refractivity contribution is -0.121. The maximum atomic E-state index is 13.7. The van der Waals surface area contributed by atoms with Crippen molar-refractivity contribution in [1.29, 1.82) is 0 Å². The van der Waals surface area contributed by atoms with Crippen LogP contribution in [-0.2, 0) is 24.2 Å². The normalized spacial score (nSPS) is 24.2. The number of aromatic nitrogens is 1. The van der Waals surface area contributed by atoms with Crippen LogP contribution in [0.3, 0.4) is 0 Å². The zero-order valence-electron chi connectivity index (χ0n) is 19.9. The Balaban J connectivity index is 1.36. The topological polar surface area (TPSA) is 87.8 Å². The molecular formula is C27H30FN3O4. The maximum Gasteiger partial charge on any atom is 0.224 e. The molecule has 1 aliphatic carbocycles. The van der Waals surface area contributed by atoms with Crippen LogP contribution in [-0.4, -0.2) is 51.9 Å². The number of nitrogens with one attached hydrogen (secondary N) is 1. The lowest BCUT2D eigenvalue weighted by Crippen LogP contribution is -2.54. The van der Waals surface area contributed by atoms with Gasteiger partial charge >= 0.3 is 0 Å². The Morgan fingerprint density at radius 1 is 1.23 bits per heavy atom. The van der Waals surface area contributed by atoms with Crippen molar-refractivity contribution in [1.82, 2.24) is 15.4 Å². The molecule has 1 amide bonds. The van der Waals surface area contributed by atoms with Crippen molar-refractivity contribution in [2.75, 3.05) is 6.54 Å². The molecule has 184 valence electrons. The van der Waals surface area contributed by atoms with Crippen molar-refractivity contribution in [3.8, 4) is 5.75 Å². The van der Waals surface area contributed by atoms with Crippen molar-refractivity contribution in [2.45, 2.75) is 63.9 Å². The van der Waals surface area contributed by atoms with Gasteiger partial charge in [0, 0.05) is 31.1 Å². The Morgan fingerprint density at radius 3 is 2.77 bits per heavy atom. The molecule has 2 heterocycles. The van der Waals surface area contributed by atoms with Crippen LogP contribution in [0.5, 0.6) is 5.75 Å². The molecule has 2 N–H and O–H groups in total. The summed E-state index contributed by atoms with van der Waals surface area (Å²) in [6, 6.07) is 13.5. The first-order chi connectivity index (χ1) is 16.9. The van der Waals surface area contributed by atoms with E-state index in [1.54, 1.807) is 19.1 Å². The van der Waals surface area contributed by atoms with E-state index in [2.05, 4.69) is 27.5 Å². The molecule has 5 rings (SSSR count). The van der Waals surface area contributed by atoms with Crippen molar-refractivity contribution in [2.24, 2.45) is 0 Å². The van der Waals surface area contributed by atoms with Gasteiger partial charge in [-0.1, -0.05) is 35.5 Å². The predicted octanol–water partition coefficient (Wildman–Crippen LogP) is 3.10. The van der Waals surface area contributed by atoms with E-state index in [4.69, 9.17) is 9.26 Å². The Morgan fingerprint density at radius 2 is 2.03 bits per heavy atom. The monoisotopic (exact) mass is 479 g/mol. The van der Waals surface area contributed by atoms with Gasteiger partial charge in [0.1, 0.15) is 29.5 Å². The Bertz CT molecular complexity index is 1190. The summed E-state index contributed by atoms with van der Waals surface area (Å²) in [7, 11) is 0. The molecule has 1 aliphatic heterocycles. The number of halogens is 1. The maximum absolute atomic E-state index is 13.7. The van der Waals surface area contributed by atoms with Gasteiger partial charge in [-0.3, -0.25) is 9.69 Å². The molecule has 0 unspecified atom stereocenters. The number of hydrogen-bond acceptors (Lipinski definition) is 6. The van der Waals surface area contributed by atoms with Crippen LogP contribution in [0.15, 0.2) is 53.1 Å². The lowest BCUT2D eigenvalue weighted by atomic mass is 9.96. The number of hydrogen-bond donors (Lipinski definition) is 2. The van der Waals surface area contributed by atoms with E-state index in [0.717, 1.165) is 18.5 Å². The summed E-state index contributed by atoms with van der Waals surface area (Å²) in [5.74, 6) is 0.425. The Kier molecular flexibility index (Phi) is 6.58. The zero-order valence-corrected chi connectivity index (χ0v) is 19.9. The van der Waals surface area contributed by atoms with Crippen LogP contribution in [0, 0.1) is 19.7 Å². The van der Waals surface area contributed by atoms with Crippen molar-refractivity contribution in [3.05, 3.63) is 82.5 Å². The fourth-order valence-corrected chi connectivity index (χ4v) is 5.38. The van der Waals surface area contributed by atoms with Gasteiger partial charge in [-0.05, 0) is 43.5 Å². The number of carbonyl (C=O) groups is 1. The standard InChI is InChI=1S/C27H30FN3O4/c1-16-22(17(2)35-30-16)13-25(32)29-23-14-24(34-21-9-5-8-20(28)12-21)27(33)26(23)31-11-10-18-6-3-4-7-19(18)15-31/h3-9,12,23-24,26-27,33H,10-11,13-15H2,1-2H3,(H,29,32)/t23-,24-,26+,27+/m1/s1. The van der Waals surface area contributed by atoms with E-state index in [-0.39, 0.29) is 24.4 Å². The molecule has 0 spiro atoms. The van der Waals surface area contributed by atoms with E-state index >= 15 is 0 Å². The molecule has 35 heavy (non-hydrogen) atoms. The number of rotatable bonds is 6.